The third-order valence-electron chi connectivity index (χ3n) is 1.02. The summed E-state index contributed by atoms with van der Waals surface area (Å²) in [5, 5.41) is 18.7. The average Bonchev–Trinajstić information content (AvgIpc) is 1.60. The zero-order valence-electron chi connectivity index (χ0n) is 5.20. The van der Waals surface area contributed by atoms with Crippen molar-refractivity contribution in [2.45, 2.75) is 23.7 Å². The Labute approximate surface area is 75.2 Å². The maximum absolute atomic E-state index is 9.48. The van der Waals surface area contributed by atoms with Gasteiger partial charge in [0, 0.05) is 0 Å². The van der Waals surface area contributed by atoms with Crippen molar-refractivity contribution in [3.05, 3.63) is 0 Å². The van der Waals surface area contributed by atoms with Crippen molar-refractivity contribution in [1.82, 2.24) is 0 Å². The fourth-order valence-corrected chi connectivity index (χ4v) is 10.8. The molecule has 0 radical (unpaired) electrons. The molecule has 0 aliphatic carbocycles. The molecule has 2 N–H and O–H groups in total. The topological polar surface area (TPSA) is 40.5 Å². The van der Waals surface area contributed by atoms with Gasteiger partial charge >= 0.3 is 75.7 Å². The van der Waals surface area contributed by atoms with Crippen LogP contribution in [0.25, 0.3) is 0 Å². The summed E-state index contributed by atoms with van der Waals surface area (Å²) >= 11 is -0.561. The van der Waals surface area contributed by atoms with Crippen molar-refractivity contribution in [2.24, 2.45) is 0 Å². The van der Waals surface area contributed by atoms with E-state index >= 15 is 0 Å². The second kappa shape index (κ2) is 3.26. The fourth-order valence-electron chi connectivity index (χ4n) is 0.710. The van der Waals surface area contributed by atoms with Crippen molar-refractivity contribution < 1.29 is 10.2 Å². The Balaban J connectivity index is 2.41. The Morgan fingerprint density at radius 2 is 2.33 bits per heavy atom. The Morgan fingerprint density at radius 3 is 2.67 bits per heavy atom. The van der Waals surface area contributed by atoms with Gasteiger partial charge in [0.05, 0.1) is 0 Å². The molecule has 0 aromatic heterocycles. The van der Waals surface area contributed by atoms with E-state index in [4.69, 9.17) is 0 Å². The number of aliphatic hydroxyl groups is 2. The summed E-state index contributed by atoms with van der Waals surface area (Å²) in [6.45, 7) is 1.88. The molecule has 2 unspecified atom stereocenters. The van der Waals surface area contributed by atoms with Gasteiger partial charge in [0.1, 0.15) is 0 Å². The molecular formula is C5H10O2Te2. The van der Waals surface area contributed by atoms with E-state index in [-0.39, 0.29) is 25.1 Å². The van der Waals surface area contributed by atoms with Gasteiger partial charge < -0.3 is 0 Å². The van der Waals surface area contributed by atoms with Gasteiger partial charge in [-0.3, -0.25) is 0 Å². The van der Waals surface area contributed by atoms with Crippen LogP contribution in [0.4, 0.5) is 0 Å². The predicted molar refractivity (Wildman–Crippen MR) is 37.8 cm³/mol. The van der Waals surface area contributed by atoms with Crippen LogP contribution in [0.3, 0.4) is 0 Å². The molecule has 2 atom stereocenters. The molecule has 0 saturated carbocycles. The normalized spacial score (nSPS) is 45.0. The first-order chi connectivity index (χ1) is 4.10. The Kier molecular flexibility index (Phi) is 3.12. The van der Waals surface area contributed by atoms with Crippen LogP contribution in [0.5, 0.6) is 0 Å². The van der Waals surface area contributed by atoms with Gasteiger partial charge in [-0.25, -0.2) is 0 Å². The summed E-state index contributed by atoms with van der Waals surface area (Å²) in [4.78, 5) is 0. The molecule has 0 spiro atoms. The first-order valence-corrected chi connectivity index (χ1v) is 8.57. The average molecular weight is 357 g/mol. The Hall–Kier alpha value is 1.50. The van der Waals surface area contributed by atoms with Gasteiger partial charge in [-0.2, -0.15) is 0 Å². The van der Waals surface area contributed by atoms with Crippen LogP contribution in [0.15, 0.2) is 0 Å². The van der Waals surface area contributed by atoms with Crippen LogP contribution < -0.4 is 0 Å². The van der Waals surface area contributed by atoms with Gasteiger partial charge in [-0.1, -0.05) is 0 Å². The monoisotopic (exact) mass is 362 g/mol. The summed E-state index contributed by atoms with van der Waals surface area (Å²) in [6.07, 6.45) is 0. The summed E-state index contributed by atoms with van der Waals surface area (Å²) < 4.78 is 1.58. The zero-order valence-corrected chi connectivity index (χ0v) is 9.86. The van der Waals surface area contributed by atoms with E-state index in [1.54, 1.807) is 0 Å². The predicted octanol–water partition coefficient (Wildman–Crippen LogP) is -0.728. The first-order valence-electron chi connectivity index (χ1n) is 2.76. The van der Waals surface area contributed by atoms with Gasteiger partial charge in [0.25, 0.3) is 0 Å². The molecule has 1 fully saturated rings. The Bertz CT molecular complexity index is 105. The molecular weight excluding hydrogens is 347 g/mol. The van der Waals surface area contributed by atoms with Gasteiger partial charge in [-0.05, 0) is 0 Å². The number of rotatable bonds is 0. The minimum absolute atomic E-state index is 0.0405. The molecule has 1 rings (SSSR count). The van der Waals surface area contributed by atoms with Crippen LogP contribution in [0.2, 0.25) is 8.94 Å². The number of hydrogen-bond acceptors (Lipinski definition) is 2. The molecule has 1 heterocycles. The van der Waals surface area contributed by atoms with Crippen molar-refractivity contribution in [2.75, 3.05) is 0 Å². The van der Waals surface area contributed by atoms with E-state index in [1.807, 2.05) is 6.92 Å². The molecule has 0 aromatic carbocycles. The summed E-state index contributed by atoms with van der Waals surface area (Å²) in [6, 6.07) is 0. The van der Waals surface area contributed by atoms with Crippen LogP contribution in [0.1, 0.15) is 6.92 Å². The van der Waals surface area contributed by atoms with Gasteiger partial charge in [-0.15, -0.1) is 0 Å². The van der Waals surface area contributed by atoms with Gasteiger partial charge in [0.2, 0.25) is 0 Å². The van der Waals surface area contributed by atoms with E-state index in [0.29, 0.717) is 0 Å². The molecule has 1 saturated heterocycles. The molecule has 1 aliphatic rings. The molecule has 2 nitrogen and oxygen atoms in total. The van der Waals surface area contributed by atoms with Crippen molar-refractivity contribution in [1.29, 1.82) is 0 Å². The first kappa shape index (κ1) is 8.59. The van der Waals surface area contributed by atoms with Crippen LogP contribution in [-0.4, -0.2) is 59.9 Å². The van der Waals surface area contributed by atoms with E-state index in [1.165, 1.54) is 0 Å². The van der Waals surface area contributed by atoms with E-state index in [2.05, 4.69) is 0 Å². The van der Waals surface area contributed by atoms with Crippen molar-refractivity contribution in [3.8, 4) is 0 Å². The third kappa shape index (κ3) is 2.93. The van der Waals surface area contributed by atoms with Gasteiger partial charge in [0.15, 0.2) is 0 Å². The molecule has 54 valence electrons. The molecule has 4 heteroatoms. The van der Waals surface area contributed by atoms with Crippen LogP contribution >= 0.6 is 0 Å². The van der Waals surface area contributed by atoms with Crippen molar-refractivity contribution in [3.63, 3.8) is 0 Å². The van der Waals surface area contributed by atoms with Crippen LogP contribution in [-0.2, 0) is 0 Å². The Morgan fingerprint density at radius 1 is 1.67 bits per heavy atom. The fraction of sp³-hybridized carbons (Fsp3) is 1.00. The van der Waals surface area contributed by atoms with E-state index < -0.39 is 24.6 Å². The quantitative estimate of drug-likeness (QED) is 0.562. The van der Waals surface area contributed by atoms with Crippen molar-refractivity contribution >= 4 is 41.8 Å². The summed E-state index contributed by atoms with van der Waals surface area (Å²) in [5.74, 6) is 0. The minimum atomic E-state index is -0.520. The van der Waals surface area contributed by atoms with E-state index in [0.717, 1.165) is 8.94 Å². The SMILES string of the molecule is CC1(O)C[Te]CC(O)[Te]1. The van der Waals surface area contributed by atoms with Crippen LogP contribution in [0, 0.1) is 0 Å². The number of hydrogen-bond donors (Lipinski definition) is 2. The summed E-state index contributed by atoms with van der Waals surface area (Å²) in [5.41, 5.74) is 0. The van der Waals surface area contributed by atoms with E-state index in [9.17, 15) is 10.2 Å². The number of aliphatic hydroxyl groups excluding tert-OH is 1. The third-order valence-corrected chi connectivity index (χ3v) is 11.7. The maximum atomic E-state index is 9.48. The standard InChI is InChI=1S/C5H10O2Te2/c1-5(7)3-8-2-4(6)9-5/h4,6-7H,2-3H2,1H3. The second-order valence-electron chi connectivity index (χ2n) is 2.26. The second-order valence-corrected chi connectivity index (χ2v) is 9.94. The zero-order chi connectivity index (χ0) is 6.91. The molecule has 1 aliphatic heterocycles. The molecule has 9 heavy (non-hydrogen) atoms. The molecule has 0 bridgehead atoms. The summed E-state index contributed by atoms with van der Waals surface area (Å²) in [7, 11) is 0. The molecule has 0 aromatic rings. The molecule has 0 amide bonds.